The summed E-state index contributed by atoms with van der Waals surface area (Å²) >= 11 is 0. The summed E-state index contributed by atoms with van der Waals surface area (Å²) in [4.78, 5) is 26.2. The minimum atomic E-state index is -0.660. The zero-order valence-corrected chi connectivity index (χ0v) is 19.3. The van der Waals surface area contributed by atoms with Crippen molar-refractivity contribution in [3.8, 4) is 11.1 Å². The summed E-state index contributed by atoms with van der Waals surface area (Å²) in [5, 5.41) is 21.3. The Kier molecular flexibility index (Phi) is 6.36. The zero-order valence-electron chi connectivity index (χ0n) is 19.3. The molecular weight excluding hydrogens is 469 g/mol. The van der Waals surface area contributed by atoms with Crippen molar-refractivity contribution >= 4 is 34.6 Å². The smallest absolute Gasteiger partial charge is 0.271 e. The molecule has 0 atom stereocenters. The van der Waals surface area contributed by atoms with Crippen LogP contribution < -0.4 is 15.5 Å². The summed E-state index contributed by atoms with van der Waals surface area (Å²) in [6, 6.07) is 7.02. The fraction of sp³-hybridized carbons (Fsp3) is 0.217. The van der Waals surface area contributed by atoms with E-state index in [2.05, 4.69) is 35.6 Å². The Balaban J connectivity index is 1.50. The van der Waals surface area contributed by atoms with Crippen LogP contribution in [0.4, 0.5) is 39.0 Å². The Morgan fingerprint density at radius 2 is 1.92 bits per heavy atom. The van der Waals surface area contributed by atoms with E-state index in [4.69, 9.17) is 4.74 Å². The zero-order chi connectivity index (χ0) is 25.1. The van der Waals surface area contributed by atoms with E-state index in [1.165, 1.54) is 0 Å². The lowest BCUT2D eigenvalue weighted by Crippen LogP contribution is -2.36. The number of hydrogen-bond donors (Lipinski definition) is 2. The largest absolute Gasteiger partial charge is 0.378 e. The van der Waals surface area contributed by atoms with Crippen molar-refractivity contribution in [1.29, 1.82) is 0 Å². The van der Waals surface area contributed by atoms with Gasteiger partial charge in [-0.25, -0.2) is 14.4 Å². The van der Waals surface area contributed by atoms with Crippen LogP contribution in [-0.2, 0) is 11.8 Å². The van der Waals surface area contributed by atoms with E-state index in [1.54, 1.807) is 36.5 Å². The van der Waals surface area contributed by atoms with Crippen molar-refractivity contribution < 1.29 is 14.1 Å². The number of ether oxygens (including phenoxy) is 1. The van der Waals surface area contributed by atoms with Crippen molar-refractivity contribution in [2.45, 2.75) is 0 Å². The van der Waals surface area contributed by atoms with Crippen LogP contribution in [0.2, 0.25) is 0 Å². The first-order chi connectivity index (χ1) is 17.5. The van der Waals surface area contributed by atoms with Gasteiger partial charge in [-0.1, -0.05) is 0 Å². The number of hydrogen-bond acceptors (Lipinski definition) is 10. The number of halogens is 1. The third-order valence-electron chi connectivity index (χ3n) is 5.56. The number of benzene rings is 1. The van der Waals surface area contributed by atoms with Gasteiger partial charge < -0.3 is 20.3 Å². The lowest BCUT2D eigenvalue weighted by atomic mass is 10.1. The standard InChI is InChI=1S/C23H22FN9O3/c1-31-14-16(12-27-31)28-23-26-13-18(15-2-5-21(25-11-15)32-6-8-36-9-7-32)22(30-23)29-20-10-17(33(34)35)3-4-19(20)24/h2-5,10-14H,6-9H2,1H3,(H2,26,28,29,30). The predicted octanol–water partition coefficient (Wildman–Crippen LogP) is 3.64. The molecule has 36 heavy (non-hydrogen) atoms. The van der Waals surface area contributed by atoms with Gasteiger partial charge in [-0.15, -0.1) is 0 Å². The van der Waals surface area contributed by atoms with Crippen molar-refractivity contribution in [2.24, 2.45) is 7.05 Å². The Morgan fingerprint density at radius 3 is 2.61 bits per heavy atom. The molecule has 184 valence electrons. The number of aryl methyl sites for hydroxylation is 1. The number of non-ortho nitro benzene ring substituents is 1. The second-order valence-corrected chi connectivity index (χ2v) is 8.03. The molecule has 0 spiro atoms. The molecule has 4 aromatic rings. The molecule has 3 aromatic heterocycles. The molecule has 13 heteroatoms. The van der Waals surface area contributed by atoms with Crippen LogP contribution >= 0.6 is 0 Å². The molecule has 1 saturated heterocycles. The molecular formula is C23H22FN9O3. The summed E-state index contributed by atoms with van der Waals surface area (Å²) in [6.45, 7) is 2.79. The molecule has 1 aromatic carbocycles. The van der Waals surface area contributed by atoms with Gasteiger partial charge in [0.05, 0.1) is 35.7 Å². The van der Waals surface area contributed by atoms with E-state index in [-0.39, 0.29) is 23.1 Å². The first kappa shape index (κ1) is 23.1. The SMILES string of the molecule is Cn1cc(Nc2ncc(-c3ccc(N4CCOCC4)nc3)c(Nc3cc([N+](=O)[O-])ccc3F)n2)cn1. The van der Waals surface area contributed by atoms with Gasteiger partial charge in [0.25, 0.3) is 5.69 Å². The number of nitrogens with zero attached hydrogens (tertiary/aromatic N) is 7. The molecule has 12 nitrogen and oxygen atoms in total. The van der Waals surface area contributed by atoms with Crippen LogP contribution in [0.25, 0.3) is 11.1 Å². The average molecular weight is 491 g/mol. The molecule has 0 aliphatic carbocycles. The monoisotopic (exact) mass is 491 g/mol. The van der Waals surface area contributed by atoms with Crippen LogP contribution in [0.15, 0.2) is 55.1 Å². The molecule has 0 bridgehead atoms. The highest BCUT2D eigenvalue weighted by atomic mass is 19.1. The quantitative estimate of drug-likeness (QED) is 0.291. The van der Waals surface area contributed by atoms with E-state index in [0.29, 0.717) is 30.0 Å². The predicted molar refractivity (Wildman–Crippen MR) is 131 cm³/mol. The second-order valence-electron chi connectivity index (χ2n) is 8.03. The molecule has 5 rings (SSSR count). The van der Waals surface area contributed by atoms with Crippen molar-refractivity contribution in [3.05, 3.63) is 71.1 Å². The van der Waals surface area contributed by atoms with Gasteiger partial charge in [-0.2, -0.15) is 10.1 Å². The summed E-state index contributed by atoms with van der Waals surface area (Å²) in [7, 11) is 1.78. The number of pyridine rings is 1. The molecule has 0 amide bonds. The maximum absolute atomic E-state index is 14.6. The highest BCUT2D eigenvalue weighted by molar-refractivity contribution is 5.79. The number of nitrogens with one attached hydrogen (secondary N) is 2. The van der Waals surface area contributed by atoms with Crippen molar-refractivity contribution in [3.63, 3.8) is 0 Å². The summed E-state index contributed by atoms with van der Waals surface area (Å²) in [5.41, 5.74) is 1.55. The molecule has 1 aliphatic heterocycles. The number of nitro groups is 1. The number of nitro benzene ring substituents is 1. The van der Waals surface area contributed by atoms with Gasteiger partial charge in [0, 0.05) is 62.0 Å². The third kappa shape index (κ3) is 5.05. The van der Waals surface area contributed by atoms with E-state index < -0.39 is 10.7 Å². The summed E-state index contributed by atoms with van der Waals surface area (Å²) in [5.74, 6) is 0.638. The van der Waals surface area contributed by atoms with E-state index in [1.807, 2.05) is 12.1 Å². The van der Waals surface area contributed by atoms with E-state index in [9.17, 15) is 14.5 Å². The van der Waals surface area contributed by atoms with Crippen LogP contribution in [0.5, 0.6) is 0 Å². The normalized spacial score (nSPS) is 13.4. The minimum absolute atomic E-state index is 0.0885. The minimum Gasteiger partial charge on any atom is -0.378 e. The van der Waals surface area contributed by atoms with E-state index >= 15 is 0 Å². The molecule has 0 unspecified atom stereocenters. The molecule has 0 radical (unpaired) electrons. The van der Waals surface area contributed by atoms with Crippen LogP contribution in [-0.4, -0.2) is 56.0 Å². The first-order valence-corrected chi connectivity index (χ1v) is 11.1. The van der Waals surface area contributed by atoms with Crippen LogP contribution in [0.1, 0.15) is 0 Å². The van der Waals surface area contributed by atoms with Gasteiger partial charge in [0.15, 0.2) is 0 Å². The fourth-order valence-corrected chi connectivity index (χ4v) is 3.74. The molecule has 1 fully saturated rings. The Bertz CT molecular complexity index is 1390. The second kappa shape index (κ2) is 9.92. The van der Waals surface area contributed by atoms with Gasteiger partial charge in [-0.05, 0) is 18.2 Å². The summed E-state index contributed by atoms with van der Waals surface area (Å²) in [6.07, 6.45) is 6.62. The lowest BCUT2D eigenvalue weighted by molar-refractivity contribution is -0.384. The van der Waals surface area contributed by atoms with Crippen LogP contribution in [0.3, 0.4) is 0 Å². The van der Waals surface area contributed by atoms with Crippen molar-refractivity contribution in [2.75, 3.05) is 41.8 Å². The highest BCUT2D eigenvalue weighted by Gasteiger charge is 2.17. The highest BCUT2D eigenvalue weighted by Crippen LogP contribution is 2.32. The Labute approximate surface area is 204 Å². The lowest BCUT2D eigenvalue weighted by Gasteiger charge is -2.27. The van der Waals surface area contributed by atoms with Gasteiger partial charge >= 0.3 is 0 Å². The molecule has 1 aliphatic rings. The first-order valence-electron chi connectivity index (χ1n) is 11.1. The van der Waals surface area contributed by atoms with Gasteiger partial charge in [0.1, 0.15) is 17.5 Å². The third-order valence-corrected chi connectivity index (χ3v) is 5.56. The maximum Gasteiger partial charge on any atom is 0.271 e. The maximum atomic E-state index is 14.6. The van der Waals surface area contributed by atoms with Crippen molar-refractivity contribution in [1.82, 2.24) is 24.7 Å². The Morgan fingerprint density at radius 1 is 1.08 bits per heavy atom. The van der Waals surface area contributed by atoms with Gasteiger partial charge in [0.2, 0.25) is 5.95 Å². The van der Waals surface area contributed by atoms with Crippen LogP contribution in [0, 0.1) is 15.9 Å². The number of anilines is 5. The van der Waals surface area contributed by atoms with Gasteiger partial charge in [-0.3, -0.25) is 14.8 Å². The van der Waals surface area contributed by atoms with E-state index in [0.717, 1.165) is 37.1 Å². The molecule has 4 heterocycles. The average Bonchev–Trinajstić information content (AvgIpc) is 3.30. The molecule has 2 N–H and O–H groups in total. The topological polar surface area (TPSA) is 136 Å². The number of aromatic nitrogens is 5. The number of rotatable bonds is 7. The fourth-order valence-electron chi connectivity index (χ4n) is 3.74. The Hall–Kier alpha value is -4.65. The number of morpholine rings is 1. The summed E-state index contributed by atoms with van der Waals surface area (Å²) < 4.78 is 21.6. The molecule has 0 saturated carbocycles.